The Hall–Kier alpha value is -3.15. The van der Waals surface area contributed by atoms with E-state index in [-0.39, 0.29) is 12.5 Å². The number of amides is 4. The van der Waals surface area contributed by atoms with Crippen LogP contribution in [0, 0.1) is 0 Å². The maximum Gasteiger partial charge on any atom is 0.325 e. The van der Waals surface area contributed by atoms with Gasteiger partial charge in [-0.25, -0.2) is 4.79 Å². The van der Waals surface area contributed by atoms with Crippen LogP contribution < -0.4 is 10.2 Å². The molecule has 2 aliphatic rings. The second-order valence-corrected chi connectivity index (χ2v) is 7.09. The van der Waals surface area contributed by atoms with E-state index in [2.05, 4.69) is 5.32 Å². The van der Waals surface area contributed by atoms with Crippen LogP contribution in [0.5, 0.6) is 0 Å². The number of imide groups is 1. The van der Waals surface area contributed by atoms with Gasteiger partial charge in [0.05, 0.1) is 0 Å². The molecular weight excluding hydrogens is 342 g/mol. The summed E-state index contributed by atoms with van der Waals surface area (Å²) in [6.07, 6.45) is 1.79. The number of hydrogen-bond acceptors (Lipinski definition) is 3. The van der Waals surface area contributed by atoms with Crippen LogP contribution in [-0.4, -0.2) is 35.8 Å². The summed E-state index contributed by atoms with van der Waals surface area (Å²) in [5, 5.41) is 2.74. The van der Waals surface area contributed by atoms with Crippen molar-refractivity contribution in [3.63, 3.8) is 0 Å². The van der Waals surface area contributed by atoms with Gasteiger partial charge in [-0.1, -0.05) is 48.5 Å². The first-order valence-electron chi connectivity index (χ1n) is 9.08. The number of carbonyl (C=O) groups excluding carboxylic acids is 3. The third kappa shape index (κ3) is 2.87. The minimum Gasteiger partial charge on any atom is -0.319 e. The average Bonchev–Trinajstić information content (AvgIpc) is 2.92. The Balaban J connectivity index is 1.56. The van der Waals surface area contributed by atoms with E-state index in [1.165, 1.54) is 0 Å². The fraction of sp³-hybridized carbons (Fsp3) is 0.286. The molecule has 138 valence electrons. The first kappa shape index (κ1) is 17.3. The Bertz CT molecular complexity index is 912. The quantitative estimate of drug-likeness (QED) is 0.852. The molecule has 0 spiro atoms. The zero-order valence-corrected chi connectivity index (χ0v) is 15.1. The van der Waals surface area contributed by atoms with Gasteiger partial charge in [0.15, 0.2) is 0 Å². The van der Waals surface area contributed by atoms with E-state index in [4.69, 9.17) is 0 Å². The fourth-order valence-corrected chi connectivity index (χ4v) is 3.82. The molecule has 6 nitrogen and oxygen atoms in total. The summed E-state index contributed by atoms with van der Waals surface area (Å²) in [6.45, 7) is 2.00. The Labute approximate surface area is 157 Å². The maximum absolute atomic E-state index is 13.0. The molecule has 1 fully saturated rings. The van der Waals surface area contributed by atoms with Crippen LogP contribution >= 0.6 is 0 Å². The predicted octanol–water partition coefficient (Wildman–Crippen LogP) is 2.43. The van der Waals surface area contributed by atoms with Crippen molar-refractivity contribution >= 4 is 23.5 Å². The van der Waals surface area contributed by atoms with Crippen LogP contribution in [0.25, 0.3) is 0 Å². The molecule has 0 aromatic heterocycles. The van der Waals surface area contributed by atoms with E-state index >= 15 is 0 Å². The number of aryl methyl sites for hydroxylation is 1. The summed E-state index contributed by atoms with van der Waals surface area (Å²) in [5.41, 5.74) is 1.52. The number of nitrogens with zero attached hydrogens (tertiary/aromatic N) is 2. The first-order valence-corrected chi connectivity index (χ1v) is 9.08. The van der Waals surface area contributed by atoms with E-state index in [1.807, 2.05) is 42.5 Å². The van der Waals surface area contributed by atoms with Gasteiger partial charge >= 0.3 is 6.03 Å². The SMILES string of the molecule is C[C@]1(c2ccccc2)NC(=O)N(CC(=O)N2CCCc3ccccc32)C1=O. The molecule has 1 N–H and O–H groups in total. The third-order valence-corrected chi connectivity index (χ3v) is 5.33. The minimum atomic E-state index is -1.15. The number of nitrogens with one attached hydrogen (secondary N) is 1. The lowest BCUT2D eigenvalue weighted by molar-refractivity contribution is -0.134. The molecule has 1 atom stereocenters. The smallest absolute Gasteiger partial charge is 0.319 e. The number of anilines is 1. The lowest BCUT2D eigenvalue weighted by atomic mass is 9.92. The largest absolute Gasteiger partial charge is 0.325 e. The van der Waals surface area contributed by atoms with Gasteiger partial charge in [-0.2, -0.15) is 0 Å². The monoisotopic (exact) mass is 363 g/mol. The van der Waals surface area contributed by atoms with Gasteiger partial charge < -0.3 is 10.2 Å². The zero-order chi connectivity index (χ0) is 19.0. The summed E-state index contributed by atoms with van der Waals surface area (Å²) >= 11 is 0. The van der Waals surface area contributed by atoms with Crippen molar-refractivity contribution in [1.29, 1.82) is 0 Å². The van der Waals surface area contributed by atoms with Gasteiger partial charge in [-0.3, -0.25) is 14.5 Å². The van der Waals surface area contributed by atoms with Crippen LogP contribution in [0.2, 0.25) is 0 Å². The molecule has 1 saturated heterocycles. The highest BCUT2D eigenvalue weighted by Crippen LogP contribution is 2.30. The van der Waals surface area contributed by atoms with E-state index in [0.717, 1.165) is 29.0 Å². The number of hydrogen-bond donors (Lipinski definition) is 1. The van der Waals surface area contributed by atoms with Crippen molar-refractivity contribution in [3.05, 3.63) is 65.7 Å². The van der Waals surface area contributed by atoms with Crippen molar-refractivity contribution in [3.8, 4) is 0 Å². The number of benzene rings is 2. The summed E-state index contributed by atoms with van der Waals surface area (Å²) in [6, 6.07) is 16.3. The van der Waals surface area contributed by atoms with Crippen molar-refractivity contribution in [2.75, 3.05) is 18.0 Å². The molecule has 2 aromatic rings. The topological polar surface area (TPSA) is 69.7 Å². The van der Waals surface area contributed by atoms with Crippen molar-refractivity contribution < 1.29 is 14.4 Å². The molecule has 0 aliphatic carbocycles. The summed E-state index contributed by atoms with van der Waals surface area (Å²) < 4.78 is 0. The van der Waals surface area contributed by atoms with Gasteiger partial charge in [0.2, 0.25) is 5.91 Å². The van der Waals surface area contributed by atoms with E-state index < -0.39 is 17.5 Å². The summed E-state index contributed by atoms with van der Waals surface area (Å²) in [7, 11) is 0. The van der Waals surface area contributed by atoms with Gasteiger partial charge in [0.25, 0.3) is 5.91 Å². The van der Waals surface area contributed by atoms with Crippen molar-refractivity contribution in [1.82, 2.24) is 10.2 Å². The number of para-hydroxylation sites is 1. The highest BCUT2D eigenvalue weighted by atomic mass is 16.2. The zero-order valence-electron chi connectivity index (χ0n) is 15.1. The summed E-state index contributed by atoms with van der Waals surface area (Å²) in [5.74, 6) is -0.652. The summed E-state index contributed by atoms with van der Waals surface area (Å²) in [4.78, 5) is 41.0. The van der Waals surface area contributed by atoms with Gasteiger partial charge in [-0.05, 0) is 37.0 Å². The van der Waals surface area contributed by atoms with Crippen LogP contribution in [0.4, 0.5) is 10.5 Å². The Kier molecular flexibility index (Phi) is 4.18. The van der Waals surface area contributed by atoms with Gasteiger partial charge in [-0.15, -0.1) is 0 Å². The molecule has 2 heterocycles. The lowest BCUT2D eigenvalue weighted by Crippen LogP contribution is -2.46. The molecule has 2 aliphatic heterocycles. The minimum absolute atomic E-state index is 0.247. The number of urea groups is 1. The van der Waals surface area contributed by atoms with Gasteiger partial charge in [0, 0.05) is 12.2 Å². The number of fused-ring (bicyclic) bond motifs is 1. The first-order chi connectivity index (χ1) is 13.0. The average molecular weight is 363 g/mol. The van der Waals surface area contributed by atoms with Crippen LogP contribution in [0.3, 0.4) is 0 Å². The van der Waals surface area contributed by atoms with E-state index in [1.54, 1.807) is 24.0 Å². The molecule has 0 radical (unpaired) electrons. The maximum atomic E-state index is 13.0. The molecule has 4 rings (SSSR count). The molecule has 2 aromatic carbocycles. The molecule has 27 heavy (non-hydrogen) atoms. The van der Waals surface area contributed by atoms with Crippen LogP contribution in [0.15, 0.2) is 54.6 Å². The van der Waals surface area contributed by atoms with E-state index in [9.17, 15) is 14.4 Å². The van der Waals surface area contributed by atoms with Crippen molar-refractivity contribution in [2.24, 2.45) is 0 Å². The number of carbonyl (C=O) groups is 3. The van der Waals surface area contributed by atoms with Crippen molar-refractivity contribution in [2.45, 2.75) is 25.3 Å². The Morgan fingerprint density at radius 2 is 1.78 bits per heavy atom. The highest BCUT2D eigenvalue weighted by molar-refractivity contribution is 6.10. The Morgan fingerprint density at radius 1 is 1.07 bits per heavy atom. The second-order valence-electron chi connectivity index (χ2n) is 7.09. The fourth-order valence-electron chi connectivity index (χ4n) is 3.82. The second kappa shape index (κ2) is 6.54. The molecule has 0 unspecified atom stereocenters. The van der Waals surface area contributed by atoms with Gasteiger partial charge in [0.1, 0.15) is 12.1 Å². The van der Waals surface area contributed by atoms with Crippen LogP contribution in [-0.2, 0) is 21.5 Å². The predicted molar refractivity (Wildman–Crippen MR) is 101 cm³/mol. The molecule has 4 amide bonds. The number of rotatable bonds is 3. The lowest BCUT2D eigenvalue weighted by Gasteiger charge is -2.30. The highest BCUT2D eigenvalue weighted by Gasteiger charge is 2.49. The standard InChI is InChI=1S/C21H21N3O3/c1-21(16-10-3-2-4-11-16)19(26)24(20(27)22-21)14-18(25)23-13-7-9-15-8-5-6-12-17(15)23/h2-6,8,10-12H,7,9,13-14H2,1H3,(H,22,27)/t21-/m1/s1. The molecule has 6 heteroatoms. The van der Waals surface area contributed by atoms with Crippen LogP contribution in [0.1, 0.15) is 24.5 Å². The van der Waals surface area contributed by atoms with E-state index in [0.29, 0.717) is 12.1 Å². The molecule has 0 bridgehead atoms. The molecular formula is C21H21N3O3. The molecule has 0 saturated carbocycles. The normalized spacial score (nSPS) is 21.8. The Morgan fingerprint density at radius 3 is 2.56 bits per heavy atom. The third-order valence-electron chi connectivity index (χ3n) is 5.33.